The average Bonchev–Trinajstić information content (AvgIpc) is 2.98. The Balaban J connectivity index is 0.00000144. The smallest absolute Gasteiger partial charge is 0.240 e. The summed E-state index contributed by atoms with van der Waals surface area (Å²) in [6, 6.07) is 4.76. The Morgan fingerprint density at radius 1 is 1.18 bits per heavy atom. The van der Waals surface area contributed by atoms with Crippen LogP contribution in [0, 0.1) is 11.8 Å². The zero-order valence-corrected chi connectivity index (χ0v) is 12.8. The fraction of sp³-hybridized carbons (Fsp3) is 0.500. The highest BCUT2D eigenvalue weighted by atomic mass is 35.5. The molecule has 118 valence electrons. The number of carbonyl (C=O) groups is 2. The van der Waals surface area contributed by atoms with E-state index in [0.717, 1.165) is 12.8 Å². The minimum Gasteiger partial charge on any atom is -0.370 e. The molecule has 1 aromatic rings. The number of anilines is 1. The van der Waals surface area contributed by atoms with Gasteiger partial charge in [0.1, 0.15) is 0 Å². The lowest BCUT2D eigenvalue weighted by atomic mass is 9.74. The van der Waals surface area contributed by atoms with Gasteiger partial charge in [-0.05, 0) is 38.0 Å². The van der Waals surface area contributed by atoms with Crippen LogP contribution >= 0.6 is 23.2 Å². The van der Waals surface area contributed by atoms with Crippen molar-refractivity contribution in [3.63, 3.8) is 0 Å². The first-order valence-corrected chi connectivity index (χ1v) is 7.68. The average molecular weight is 342 g/mol. The van der Waals surface area contributed by atoms with E-state index in [1.54, 1.807) is 18.2 Å². The zero-order valence-electron chi connectivity index (χ0n) is 11.3. The van der Waals surface area contributed by atoms with Gasteiger partial charge in [0.25, 0.3) is 0 Å². The number of fused-ring (bicyclic) bond motifs is 5. The number of carbonyl (C=O) groups excluding carboxylic acids is 2. The first-order chi connectivity index (χ1) is 9.90. The maximum Gasteiger partial charge on any atom is 0.240 e. The standard InChI is InChI=1S/C15H13Cl2NO3.CH4/c1-15-3-2-10(21-15)11-12(15)14(20)18(13(11)19)9-5-7(16)4-8(17)6-9;/h4-6,10-12H,2-3H2,1H3;1H4/t10?,11-,12?,15?;/m1./s1. The summed E-state index contributed by atoms with van der Waals surface area (Å²) in [6.45, 7) is 1.93. The Morgan fingerprint density at radius 3 is 2.41 bits per heavy atom. The second-order valence-corrected chi connectivity index (χ2v) is 7.02. The van der Waals surface area contributed by atoms with Gasteiger partial charge in [-0.3, -0.25) is 9.59 Å². The molecule has 6 heteroatoms. The summed E-state index contributed by atoms with van der Waals surface area (Å²) in [5.41, 5.74) is -0.0703. The Hall–Kier alpha value is -1.10. The molecule has 4 atom stereocenters. The minimum atomic E-state index is -0.515. The fourth-order valence-electron chi connectivity index (χ4n) is 4.00. The lowest BCUT2D eigenvalue weighted by Crippen LogP contribution is -2.39. The molecule has 0 aromatic heterocycles. The van der Waals surface area contributed by atoms with Crippen molar-refractivity contribution in [1.29, 1.82) is 0 Å². The molecule has 4 nitrogen and oxygen atoms in total. The maximum atomic E-state index is 12.8. The van der Waals surface area contributed by atoms with Crippen LogP contribution < -0.4 is 4.90 Å². The van der Waals surface area contributed by atoms with Gasteiger partial charge in [0.2, 0.25) is 11.8 Å². The van der Waals surface area contributed by atoms with E-state index in [0.29, 0.717) is 15.7 Å². The number of hydrogen-bond donors (Lipinski definition) is 0. The number of halogens is 2. The SMILES string of the molecule is C.CC12CCC(O1)[C@H]1C(=O)N(c3cc(Cl)cc(Cl)c3)C(=O)C12. The van der Waals surface area contributed by atoms with Gasteiger partial charge in [0.05, 0.1) is 29.2 Å². The summed E-state index contributed by atoms with van der Waals surface area (Å²) in [4.78, 5) is 26.7. The highest BCUT2D eigenvalue weighted by Gasteiger charge is 2.67. The van der Waals surface area contributed by atoms with Crippen molar-refractivity contribution < 1.29 is 14.3 Å². The van der Waals surface area contributed by atoms with E-state index in [1.165, 1.54) is 4.90 Å². The van der Waals surface area contributed by atoms with Crippen LogP contribution in [0.4, 0.5) is 5.69 Å². The summed E-state index contributed by atoms with van der Waals surface area (Å²) in [7, 11) is 0. The summed E-state index contributed by atoms with van der Waals surface area (Å²) in [5, 5.41) is 0.807. The molecular formula is C16H17Cl2NO3. The monoisotopic (exact) mass is 341 g/mol. The number of imide groups is 1. The minimum absolute atomic E-state index is 0. The summed E-state index contributed by atoms with van der Waals surface area (Å²) in [5.74, 6) is -1.15. The number of benzene rings is 1. The topological polar surface area (TPSA) is 46.6 Å². The Morgan fingerprint density at radius 2 is 1.82 bits per heavy atom. The second kappa shape index (κ2) is 4.95. The zero-order chi connectivity index (χ0) is 14.9. The van der Waals surface area contributed by atoms with Gasteiger partial charge in [-0.25, -0.2) is 4.90 Å². The predicted octanol–water partition coefficient (Wildman–Crippen LogP) is 3.69. The van der Waals surface area contributed by atoms with Crippen molar-refractivity contribution >= 4 is 40.7 Å². The van der Waals surface area contributed by atoms with Gasteiger partial charge in [-0.2, -0.15) is 0 Å². The Labute approximate surface area is 139 Å². The fourth-order valence-corrected chi connectivity index (χ4v) is 4.52. The summed E-state index contributed by atoms with van der Waals surface area (Å²) in [6.07, 6.45) is 1.51. The van der Waals surface area contributed by atoms with Crippen LogP contribution in [0.3, 0.4) is 0 Å². The summed E-state index contributed by atoms with van der Waals surface area (Å²) >= 11 is 12.0. The first kappa shape index (κ1) is 15.8. The lowest BCUT2D eigenvalue weighted by molar-refractivity contribution is -0.126. The molecule has 0 aliphatic carbocycles. The van der Waals surface area contributed by atoms with Crippen molar-refractivity contribution in [3.8, 4) is 0 Å². The molecule has 3 unspecified atom stereocenters. The van der Waals surface area contributed by atoms with Crippen LogP contribution in [-0.4, -0.2) is 23.5 Å². The lowest BCUT2D eigenvalue weighted by Gasteiger charge is -2.26. The number of hydrogen-bond acceptors (Lipinski definition) is 3. The molecule has 2 bridgehead atoms. The third-order valence-corrected chi connectivity index (χ3v) is 5.30. The normalized spacial score (nSPS) is 35.8. The number of rotatable bonds is 1. The molecule has 1 aromatic carbocycles. The predicted molar refractivity (Wildman–Crippen MR) is 85.2 cm³/mol. The molecule has 3 aliphatic heterocycles. The van der Waals surface area contributed by atoms with Crippen LogP contribution in [0.25, 0.3) is 0 Å². The molecule has 4 rings (SSSR count). The molecule has 0 radical (unpaired) electrons. The second-order valence-electron chi connectivity index (χ2n) is 6.15. The van der Waals surface area contributed by atoms with Crippen LogP contribution in [-0.2, 0) is 14.3 Å². The van der Waals surface area contributed by atoms with E-state index >= 15 is 0 Å². The third-order valence-electron chi connectivity index (χ3n) is 4.86. The molecule has 0 saturated carbocycles. The van der Waals surface area contributed by atoms with Gasteiger partial charge >= 0.3 is 0 Å². The van der Waals surface area contributed by atoms with Crippen LogP contribution in [0.2, 0.25) is 10.0 Å². The van der Waals surface area contributed by atoms with E-state index in [2.05, 4.69) is 0 Å². The van der Waals surface area contributed by atoms with E-state index in [-0.39, 0.29) is 37.2 Å². The van der Waals surface area contributed by atoms with Gasteiger partial charge < -0.3 is 4.74 Å². The largest absolute Gasteiger partial charge is 0.370 e. The summed E-state index contributed by atoms with van der Waals surface area (Å²) < 4.78 is 5.88. The molecule has 22 heavy (non-hydrogen) atoms. The van der Waals surface area contributed by atoms with Crippen molar-refractivity contribution in [1.82, 2.24) is 0 Å². The molecule has 0 spiro atoms. The van der Waals surface area contributed by atoms with Crippen molar-refractivity contribution in [2.45, 2.75) is 38.9 Å². The van der Waals surface area contributed by atoms with Gasteiger partial charge in [0, 0.05) is 10.0 Å². The molecule has 3 fully saturated rings. The van der Waals surface area contributed by atoms with Crippen LogP contribution in [0.5, 0.6) is 0 Å². The Bertz CT molecular complexity index is 657. The van der Waals surface area contributed by atoms with Gasteiger partial charge in [0.15, 0.2) is 0 Å². The van der Waals surface area contributed by atoms with Gasteiger partial charge in [-0.1, -0.05) is 30.6 Å². The number of ether oxygens (including phenoxy) is 1. The quantitative estimate of drug-likeness (QED) is 0.732. The van der Waals surface area contributed by atoms with E-state index < -0.39 is 5.60 Å². The molecule has 3 saturated heterocycles. The molecular weight excluding hydrogens is 325 g/mol. The molecule has 2 amide bonds. The molecule has 3 aliphatic rings. The van der Waals surface area contributed by atoms with Gasteiger partial charge in [-0.15, -0.1) is 0 Å². The van der Waals surface area contributed by atoms with Crippen molar-refractivity contribution in [3.05, 3.63) is 28.2 Å². The Kier molecular flexibility index (Phi) is 3.55. The third kappa shape index (κ3) is 1.94. The van der Waals surface area contributed by atoms with Crippen molar-refractivity contribution in [2.75, 3.05) is 4.90 Å². The highest BCUT2D eigenvalue weighted by Crippen LogP contribution is 2.55. The van der Waals surface area contributed by atoms with Crippen LogP contribution in [0.1, 0.15) is 27.2 Å². The number of amides is 2. The van der Waals surface area contributed by atoms with E-state index in [1.807, 2.05) is 6.92 Å². The van der Waals surface area contributed by atoms with E-state index in [4.69, 9.17) is 27.9 Å². The van der Waals surface area contributed by atoms with Crippen molar-refractivity contribution in [2.24, 2.45) is 11.8 Å². The maximum absolute atomic E-state index is 12.8. The number of nitrogens with zero attached hydrogens (tertiary/aromatic N) is 1. The van der Waals surface area contributed by atoms with E-state index in [9.17, 15) is 9.59 Å². The first-order valence-electron chi connectivity index (χ1n) is 6.92. The molecule has 0 N–H and O–H groups in total. The van der Waals surface area contributed by atoms with Crippen LogP contribution in [0.15, 0.2) is 18.2 Å². The highest BCUT2D eigenvalue weighted by molar-refractivity contribution is 6.35. The molecule has 3 heterocycles.